The molecular formula is C17H19N3O4. The van der Waals surface area contributed by atoms with Crippen LogP contribution in [0.5, 0.6) is 5.75 Å². The number of ether oxygens (including phenoxy) is 1. The second kappa shape index (κ2) is 7.96. The van der Waals surface area contributed by atoms with Crippen LogP contribution in [0.1, 0.15) is 25.5 Å². The van der Waals surface area contributed by atoms with Crippen LogP contribution in [0.4, 0.5) is 16.2 Å². The molecule has 2 aromatic rings. The standard InChI is InChI=1S/C17H19N3O4/c1-3-24-16-9-7-13(8-10-16)12(2)18-17(21)19-14-5-4-6-15(11-14)20(22)23/h4-12H,3H2,1-2H3,(H2,18,19,21)/t12-/m0/s1. The van der Waals surface area contributed by atoms with E-state index in [0.29, 0.717) is 12.3 Å². The van der Waals surface area contributed by atoms with Gasteiger partial charge in [-0.05, 0) is 37.6 Å². The van der Waals surface area contributed by atoms with Gasteiger partial charge in [0.1, 0.15) is 5.75 Å². The molecule has 0 fully saturated rings. The first kappa shape index (κ1) is 17.3. The first-order chi connectivity index (χ1) is 11.5. The number of anilines is 1. The summed E-state index contributed by atoms with van der Waals surface area (Å²) in [6.07, 6.45) is 0. The van der Waals surface area contributed by atoms with Gasteiger partial charge in [0, 0.05) is 17.8 Å². The van der Waals surface area contributed by atoms with Gasteiger partial charge in [-0.2, -0.15) is 0 Å². The van der Waals surface area contributed by atoms with Crippen molar-refractivity contribution in [1.82, 2.24) is 5.32 Å². The number of non-ortho nitro benzene ring substituents is 1. The summed E-state index contributed by atoms with van der Waals surface area (Å²) >= 11 is 0. The Morgan fingerprint density at radius 3 is 2.58 bits per heavy atom. The summed E-state index contributed by atoms with van der Waals surface area (Å²) in [6, 6.07) is 12.6. The molecule has 24 heavy (non-hydrogen) atoms. The maximum Gasteiger partial charge on any atom is 0.319 e. The molecule has 0 spiro atoms. The Bertz CT molecular complexity index is 716. The molecule has 0 aromatic heterocycles. The van der Waals surface area contributed by atoms with E-state index in [0.717, 1.165) is 11.3 Å². The summed E-state index contributed by atoms with van der Waals surface area (Å²) in [6.45, 7) is 4.36. The molecule has 0 saturated heterocycles. The summed E-state index contributed by atoms with van der Waals surface area (Å²) in [5.41, 5.74) is 1.21. The van der Waals surface area contributed by atoms with Gasteiger partial charge in [-0.1, -0.05) is 18.2 Å². The van der Waals surface area contributed by atoms with Crippen LogP contribution in [0.15, 0.2) is 48.5 Å². The van der Waals surface area contributed by atoms with Crippen LogP contribution in [-0.2, 0) is 0 Å². The Hall–Kier alpha value is -3.09. The number of nitrogens with one attached hydrogen (secondary N) is 2. The molecule has 0 saturated carbocycles. The van der Waals surface area contributed by atoms with Crippen LogP contribution >= 0.6 is 0 Å². The van der Waals surface area contributed by atoms with Gasteiger partial charge < -0.3 is 15.4 Å². The van der Waals surface area contributed by atoms with Gasteiger partial charge in [0.15, 0.2) is 0 Å². The van der Waals surface area contributed by atoms with Crippen molar-refractivity contribution in [2.24, 2.45) is 0 Å². The molecule has 0 bridgehead atoms. The lowest BCUT2D eigenvalue weighted by atomic mass is 10.1. The molecule has 1 atom stereocenters. The second-order valence-corrected chi connectivity index (χ2v) is 5.13. The molecule has 0 heterocycles. The topological polar surface area (TPSA) is 93.5 Å². The minimum Gasteiger partial charge on any atom is -0.494 e. The number of hydrogen-bond donors (Lipinski definition) is 2. The minimum absolute atomic E-state index is 0.0765. The lowest BCUT2D eigenvalue weighted by Crippen LogP contribution is -2.31. The van der Waals surface area contributed by atoms with E-state index in [9.17, 15) is 14.9 Å². The minimum atomic E-state index is -0.508. The molecule has 0 aliphatic rings. The summed E-state index contributed by atoms with van der Waals surface area (Å²) in [5.74, 6) is 0.773. The Labute approximate surface area is 139 Å². The van der Waals surface area contributed by atoms with Gasteiger partial charge in [-0.3, -0.25) is 10.1 Å². The summed E-state index contributed by atoms with van der Waals surface area (Å²) < 4.78 is 5.38. The van der Waals surface area contributed by atoms with E-state index in [1.54, 1.807) is 6.07 Å². The fraction of sp³-hybridized carbons (Fsp3) is 0.235. The smallest absolute Gasteiger partial charge is 0.319 e. The van der Waals surface area contributed by atoms with E-state index in [1.807, 2.05) is 38.1 Å². The van der Waals surface area contributed by atoms with Gasteiger partial charge in [-0.15, -0.1) is 0 Å². The molecule has 0 radical (unpaired) electrons. The number of urea groups is 1. The highest BCUT2D eigenvalue weighted by molar-refractivity contribution is 5.89. The van der Waals surface area contributed by atoms with Crippen molar-refractivity contribution >= 4 is 17.4 Å². The van der Waals surface area contributed by atoms with Crippen LogP contribution < -0.4 is 15.4 Å². The summed E-state index contributed by atoms with van der Waals surface area (Å²) in [7, 11) is 0. The number of rotatable bonds is 6. The number of amides is 2. The molecule has 2 N–H and O–H groups in total. The summed E-state index contributed by atoms with van der Waals surface area (Å²) in [4.78, 5) is 22.3. The summed E-state index contributed by atoms with van der Waals surface area (Å²) in [5, 5.41) is 16.1. The van der Waals surface area contributed by atoms with Crippen LogP contribution in [-0.4, -0.2) is 17.6 Å². The number of nitro benzene ring substituents is 1. The Morgan fingerprint density at radius 1 is 1.25 bits per heavy atom. The molecule has 0 aliphatic carbocycles. The van der Waals surface area contributed by atoms with Crippen molar-refractivity contribution in [1.29, 1.82) is 0 Å². The zero-order valence-electron chi connectivity index (χ0n) is 13.5. The third-order valence-corrected chi connectivity index (χ3v) is 3.35. The van der Waals surface area contributed by atoms with Crippen molar-refractivity contribution in [2.75, 3.05) is 11.9 Å². The average Bonchev–Trinajstić information content (AvgIpc) is 2.55. The van der Waals surface area contributed by atoms with E-state index in [-0.39, 0.29) is 11.7 Å². The Kier molecular flexibility index (Phi) is 5.73. The van der Waals surface area contributed by atoms with E-state index < -0.39 is 11.0 Å². The molecule has 0 unspecified atom stereocenters. The van der Waals surface area contributed by atoms with E-state index in [2.05, 4.69) is 10.6 Å². The number of nitro groups is 1. The molecule has 7 heteroatoms. The molecule has 2 rings (SSSR count). The number of carbonyl (C=O) groups is 1. The first-order valence-electron chi connectivity index (χ1n) is 7.54. The van der Waals surface area contributed by atoms with E-state index >= 15 is 0 Å². The SMILES string of the molecule is CCOc1ccc([C@H](C)NC(=O)Nc2cccc([N+](=O)[O-])c2)cc1. The lowest BCUT2D eigenvalue weighted by Gasteiger charge is -2.15. The Balaban J connectivity index is 1.96. The van der Waals surface area contributed by atoms with Crippen molar-refractivity contribution in [3.8, 4) is 5.75 Å². The highest BCUT2D eigenvalue weighted by Gasteiger charge is 2.11. The third-order valence-electron chi connectivity index (χ3n) is 3.35. The zero-order valence-corrected chi connectivity index (χ0v) is 13.5. The van der Waals surface area contributed by atoms with Gasteiger partial charge in [-0.25, -0.2) is 4.79 Å². The van der Waals surface area contributed by atoms with Gasteiger partial charge in [0.05, 0.1) is 17.6 Å². The van der Waals surface area contributed by atoms with Crippen molar-refractivity contribution in [2.45, 2.75) is 19.9 Å². The number of nitrogens with zero attached hydrogens (tertiary/aromatic N) is 1. The quantitative estimate of drug-likeness (QED) is 0.621. The van der Waals surface area contributed by atoms with Crippen molar-refractivity contribution in [3.05, 3.63) is 64.2 Å². The number of carbonyl (C=O) groups excluding carboxylic acids is 1. The highest BCUT2D eigenvalue weighted by Crippen LogP contribution is 2.19. The van der Waals surface area contributed by atoms with Crippen LogP contribution in [0.25, 0.3) is 0 Å². The molecule has 7 nitrogen and oxygen atoms in total. The predicted octanol–water partition coefficient (Wildman–Crippen LogP) is 3.88. The van der Waals surface area contributed by atoms with Crippen LogP contribution in [0.2, 0.25) is 0 Å². The zero-order chi connectivity index (χ0) is 17.5. The normalized spacial score (nSPS) is 11.4. The predicted molar refractivity (Wildman–Crippen MR) is 91.3 cm³/mol. The second-order valence-electron chi connectivity index (χ2n) is 5.13. The largest absolute Gasteiger partial charge is 0.494 e. The van der Waals surface area contributed by atoms with Gasteiger partial charge in [0.2, 0.25) is 0 Å². The first-order valence-corrected chi connectivity index (χ1v) is 7.54. The third kappa shape index (κ3) is 4.70. The van der Waals surface area contributed by atoms with Gasteiger partial charge >= 0.3 is 6.03 Å². The van der Waals surface area contributed by atoms with Crippen LogP contribution in [0.3, 0.4) is 0 Å². The average molecular weight is 329 g/mol. The van der Waals surface area contributed by atoms with Crippen molar-refractivity contribution in [3.63, 3.8) is 0 Å². The van der Waals surface area contributed by atoms with E-state index in [1.165, 1.54) is 18.2 Å². The molecule has 0 aliphatic heterocycles. The monoisotopic (exact) mass is 329 g/mol. The fourth-order valence-corrected chi connectivity index (χ4v) is 2.16. The highest BCUT2D eigenvalue weighted by atomic mass is 16.6. The number of benzene rings is 2. The molecule has 2 aromatic carbocycles. The Morgan fingerprint density at radius 2 is 1.96 bits per heavy atom. The maximum absolute atomic E-state index is 12.0. The van der Waals surface area contributed by atoms with Gasteiger partial charge in [0.25, 0.3) is 5.69 Å². The molecular weight excluding hydrogens is 310 g/mol. The van der Waals surface area contributed by atoms with Crippen molar-refractivity contribution < 1.29 is 14.5 Å². The van der Waals surface area contributed by atoms with E-state index in [4.69, 9.17) is 4.74 Å². The molecule has 2 amide bonds. The maximum atomic E-state index is 12.0. The van der Waals surface area contributed by atoms with Crippen LogP contribution in [0, 0.1) is 10.1 Å². The lowest BCUT2D eigenvalue weighted by molar-refractivity contribution is -0.384. The number of hydrogen-bond acceptors (Lipinski definition) is 4. The molecule has 126 valence electrons. The fourth-order valence-electron chi connectivity index (χ4n) is 2.16.